The SMILES string of the molecule is C=CCOC(=O)N1CCNCC1C. The molecule has 1 atom stereocenters. The van der Waals surface area contributed by atoms with E-state index in [2.05, 4.69) is 11.9 Å². The third-order valence-electron chi connectivity index (χ3n) is 2.06. The van der Waals surface area contributed by atoms with Gasteiger partial charge in [-0.2, -0.15) is 0 Å². The lowest BCUT2D eigenvalue weighted by Gasteiger charge is -2.32. The Balaban J connectivity index is 2.39. The summed E-state index contributed by atoms with van der Waals surface area (Å²) >= 11 is 0. The Kier molecular flexibility index (Phi) is 3.76. The molecule has 4 heteroatoms. The Labute approximate surface area is 78.5 Å². The fourth-order valence-corrected chi connectivity index (χ4v) is 1.33. The molecule has 0 saturated carbocycles. The number of nitrogens with zero attached hydrogens (tertiary/aromatic N) is 1. The molecule has 1 unspecified atom stereocenters. The summed E-state index contributed by atoms with van der Waals surface area (Å²) in [5.41, 5.74) is 0. The maximum absolute atomic E-state index is 11.4. The first kappa shape index (κ1) is 10.1. The number of hydrogen-bond donors (Lipinski definition) is 1. The average Bonchev–Trinajstić information content (AvgIpc) is 2.15. The topological polar surface area (TPSA) is 41.6 Å². The van der Waals surface area contributed by atoms with Crippen molar-refractivity contribution in [2.24, 2.45) is 0 Å². The van der Waals surface area contributed by atoms with Crippen LogP contribution in [-0.4, -0.2) is 43.3 Å². The van der Waals surface area contributed by atoms with Gasteiger partial charge in [-0.25, -0.2) is 4.79 Å². The number of carbonyl (C=O) groups excluding carboxylic acids is 1. The highest BCUT2D eigenvalue weighted by atomic mass is 16.6. The fourth-order valence-electron chi connectivity index (χ4n) is 1.33. The van der Waals surface area contributed by atoms with Crippen LogP contribution in [0.2, 0.25) is 0 Å². The summed E-state index contributed by atoms with van der Waals surface area (Å²) < 4.78 is 4.94. The molecule has 0 aromatic rings. The van der Waals surface area contributed by atoms with Crippen LogP contribution in [0.5, 0.6) is 0 Å². The monoisotopic (exact) mass is 184 g/mol. The van der Waals surface area contributed by atoms with Crippen molar-refractivity contribution in [2.45, 2.75) is 13.0 Å². The van der Waals surface area contributed by atoms with Crippen molar-refractivity contribution < 1.29 is 9.53 Å². The first-order valence-electron chi connectivity index (χ1n) is 4.50. The molecule has 74 valence electrons. The number of rotatable bonds is 2. The molecule has 1 aliphatic rings. The van der Waals surface area contributed by atoms with E-state index >= 15 is 0 Å². The summed E-state index contributed by atoms with van der Waals surface area (Å²) in [7, 11) is 0. The molecule has 1 aliphatic heterocycles. The Morgan fingerprint density at radius 3 is 3.23 bits per heavy atom. The van der Waals surface area contributed by atoms with Crippen molar-refractivity contribution in [3.8, 4) is 0 Å². The van der Waals surface area contributed by atoms with Gasteiger partial charge in [0.05, 0.1) is 0 Å². The normalized spacial score (nSPS) is 22.5. The van der Waals surface area contributed by atoms with Crippen molar-refractivity contribution in [2.75, 3.05) is 26.2 Å². The molecule has 1 amide bonds. The van der Waals surface area contributed by atoms with Gasteiger partial charge in [-0.05, 0) is 6.92 Å². The molecule has 1 saturated heterocycles. The number of piperazine rings is 1. The molecule has 0 aliphatic carbocycles. The highest BCUT2D eigenvalue weighted by molar-refractivity contribution is 5.68. The Bertz CT molecular complexity index is 194. The van der Waals surface area contributed by atoms with Crippen LogP contribution in [-0.2, 0) is 4.74 Å². The van der Waals surface area contributed by atoms with E-state index in [1.165, 1.54) is 0 Å². The van der Waals surface area contributed by atoms with Crippen molar-refractivity contribution in [3.63, 3.8) is 0 Å². The van der Waals surface area contributed by atoms with Gasteiger partial charge in [0, 0.05) is 25.7 Å². The van der Waals surface area contributed by atoms with Crippen LogP contribution < -0.4 is 5.32 Å². The third kappa shape index (κ3) is 2.73. The largest absolute Gasteiger partial charge is 0.445 e. The molecule has 0 radical (unpaired) electrons. The van der Waals surface area contributed by atoms with Crippen LogP contribution in [0.15, 0.2) is 12.7 Å². The molecular weight excluding hydrogens is 168 g/mol. The number of carbonyl (C=O) groups is 1. The second kappa shape index (κ2) is 4.87. The van der Waals surface area contributed by atoms with E-state index in [0.717, 1.165) is 19.6 Å². The van der Waals surface area contributed by atoms with Gasteiger partial charge >= 0.3 is 6.09 Å². The lowest BCUT2D eigenvalue weighted by molar-refractivity contribution is 0.0896. The average molecular weight is 184 g/mol. The predicted octanol–water partition coefficient (Wildman–Crippen LogP) is 0.603. The second-order valence-corrected chi connectivity index (χ2v) is 3.11. The van der Waals surface area contributed by atoms with E-state index in [1.54, 1.807) is 11.0 Å². The number of amides is 1. The lowest BCUT2D eigenvalue weighted by Crippen LogP contribution is -2.52. The summed E-state index contributed by atoms with van der Waals surface area (Å²) in [5, 5.41) is 3.21. The maximum Gasteiger partial charge on any atom is 0.410 e. The molecule has 1 heterocycles. The minimum atomic E-state index is -0.242. The molecular formula is C9H16N2O2. The van der Waals surface area contributed by atoms with Gasteiger partial charge in [0.2, 0.25) is 0 Å². The summed E-state index contributed by atoms with van der Waals surface area (Å²) in [6, 6.07) is 0.214. The molecule has 4 nitrogen and oxygen atoms in total. The zero-order valence-electron chi connectivity index (χ0n) is 7.95. The number of ether oxygens (including phenoxy) is 1. The Morgan fingerprint density at radius 2 is 2.62 bits per heavy atom. The van der Waals surface area contributed by atoms with Crippen LogP contribution in [0.1, 0.15) is 6.92 Å². The first-order chi connectivity index (χ1) is 6.25. The molecule has 0 bridgehead atoms. The van der Waals surface area contributed by atoms with Crippen LogP contribution >= 0.6 is 0 Å². The standard InChI is InChI=1S/C9H16N2O2/c1-3-6-13-9(12)11-5-4-10-7-8(11)2/h3,8,10H,1,4-7H2,2H3. The summed E-state index contributed by atoms with van der Waals surface area (Å²) in [6.45, 7) is 8.17. The zero-order chi connectivity index (χ0) is 9.68. The van der Waals surface area contributed by atoms with Crippen LogP contribution in [0.4, 0.5) is 4.79 Å². The lowest BCUT2D eigenvalue weighted by atomic mass is 10.2. The van der Waals surface area contributed by atoms with E-state index in [9.17, 15) is 4.79 Å². The summed E-state index contributed by atoms with van der Waals surface area (Å²) in [4.78, 5) is 13.1. The number of hydrogen-bond acceptors (Lipinski definition) is 3. The van der Waals surface area contributed by atoms with Gasteiger partial charge in [-0.15, -0.1) is 0 Å². The van der Waals surface area contributed by atoms with Crippen LogP contribution in [0.25, 0.3) is 0 Å². The minimum Gasteiger partial charge on any atom is -0.445 e. The highest BCUT2D eigenvalue weighted by Crippen LogP contribution is 2.04. The Hall–Kier alpha value is -1.03. The Morgan fingerprint density at radius 1 is 1.85 bits per heavy atom. The third-order valence-corrected chi connectivity index (χ3v) is 2.06. The van der Waals surface area contributed by atoms with Crippen molar-refractivity contribution in [3.05, 3.63) is 12.7 Å². The highest BCUT2D eigenvalue weighted by Gasteiger charge is 2.23. The van der Waals surface area contributed by atoms with E-state index < -0.39 is 0 Å². The van der Waals surface area contributed by atoms with Gasteiger partial charge in [-0.1, -0.05) is 12.7 Å². The quantitative estimate of drug-likeness (QED) is 0.639. The van der Waals surface area contributed by atoms with E-state index in [0.29, 0.717) is 0 Å². The second-order valence-electron chi connectivity index (χ2n) is 3.11. The molecule has 1 rings (SSSR count). The van der Waals surface area contributed by atoms with Crippen molar-refractivity contribution in [1.82, 2.24) is 10.2 Å². The maximum atomic E-state index is 11.4. The van der Waals surface area contributed by atoms with Crippen molar-refractivity contribution >= 4 is 6.09 Å². The van der Waals surface area contributed by atoms with Crippen LogP contribution in [0.3, 0.4) is 0 Å². The molecule has 1 N–H and O–H groups in total. The minimum absolute atomic E-state index is 0.214. The van der Waals surface area contributed by atoms with Crippen LogP contribution in [0, 0.1) is 0 Å². The van der Waals surface area contributed by atoms with E-state index in [4.69, 9.17) is 4.74 Å². The van der Waals surface area contributed by atoms with Gasteiger partial charge in [0.25, 0.3) is 0 Å². The van der Waals surface area contributed by atoms with Gasteiger partial charge in [0.1, 0.15) is 6.61 Å². The molecule has 13 heavy (non-hydrogen) atoms. The predicted molar refractivity (Wildman–Crippen MR) is 50.6 cm³/mol. The zero-order valence-corrected chi connectivity index (χ0v) is 7.95. The molecule has 0 aromatic carbocycles. The number of nitrogens with one attached hydrogen (secondary N) is 1. The molecule has 0 aromatic heterocycles. The molecule has 0 spiro atoms. The van der Waals surface area contributed by atoms with E-state index in [1.807, 2.05) is 6.92 Å². The summed E-state index contributed by atoms with van der Waals surface area (Å²) in [5.74, 6) is 0. The summed E-state index contributed by atoms with van der Waals surface area (Å²) in [6.07, 6.45) is 1.33. The van der Waals surface area contributed by atoms with Gasteiger partial charge < -0.3 is 15.0 Å². The first-order valence-corrected chi connectivity index (χ1v) is 4.50. The fraction of sp³-hybridized carbons (Fsp3) is 0.667. The van der Waals surface area contributed by atoms with Crippen molar-refractivity contribution in [1.29, 1.82) is 0 Å². The molecule has 1 fully saturated rings. The van der Waals surface area contributed by atoms with Gasteiger partial charge in [0.15, 0.2) is 0 Å². The van der Waals surface area contributed by atoms with E-state index in [-0.39, 0.29) is 18.7 Å². The smallest absolute Gasteiger partial charge is 0.410 e. The van der Waals surface area contributed by atoms with Gasteiger partial charge in [-0.3, -0.25) is 0 Å².